The van der Waals surface area contributed by atoms with Crippen LogP contribution in [0.15, 0.2) is 12.1 Å². The molecule has 0 bridgehead atoms. The molecule has 0 radical (unpaired) electrons. The third kappa shape index (κ3) is 3.77. The van der Waals surface area contributed by atoms with E-state index < -0.39 is 0 Å². The summed E-state index contributed by atoms with van der Waals surface area (Å²) >= 11 is 6.30. The minimum atomic E-state index is 0.0191. The molecule has 0 unspecified atom stereocenters. The van der Waals surface area contributed by atoms with Gasteiger partial charge in [-0.3, -0.25) is 0 Å². The van der Waals surface area contributed by atoms with Crippen LogP contribution in [0.3, 0.4) is 0 Å². The number of hydrogen-bond acceptors (Lipinski definition) is 3. The first-order valence-corrected chi connectivity index (χ1v) is 7.18. The summed E-state index contributed by atoms with van der Waals surface area (Å²) in [4.78, 5) is 0. The van der Waals surface area contributed by atoms with Crippen LogP contribution in [0.1, 0.15) is 32.3 Å². The van der Waals surface area contributed by atoms with E-state index in [-0.39, 0.29) is 5.41 Å². The molecule has 0 saturated heterocycles. The number of fused-ring (bicyclic) bond motifs is 1. The second-order valence-corrected chi connectivity index (χ2v) is 6.28. The quantitative estimate of drug-likeness (QED) is 0.861. The average molecular weight is 284 g/mol. The van der Waals surface area contributed by atoms with Crippen molar-refractivity contribution in [2.45, 2.75) is 33.1 Å². The van der Waals surface area contributed by atoms with Crippen molar-refractivity contribution in [1.29, 1.82) is 0 Å². The molecular formula is C15H22ClNO2. The Kier molecular flexibility index (Phi) is 4.58. The van der Waals surface area contributed by atoms with Crippen molar-refractivity contribution < 1.29 is 9.47 Å². The SMILES string of the molecule is CC1(C)COc2cc(Cl)c(CCCCN)cc2OC1. The Balaban J connectivity index is 2.16. The van der Waals surface area contributed by atoms with E-state index in [4.69, 9.17) is 26.8 Å². The lowest BCUT2D eigenvalue weighted by atomic mass is 9.97. The maximum atomic E-state index is 6.30. The molecule has 1 aliphatic heterocycles. The van der Waals surface area contributed by atoms with Crippen LogP contribution in [0.2, 0.25) is 5.02 Å². The molecule has 0 aromatic heterocycles. The minimum absolute atomic E-state index is 0.0191. The molecule has 0 aliphatic carbocycles. The predicted molar refractivity (Wildman–Crippen MR) is 78.2 cm³/mol. The van der Waals surface area contributed by atoms with Gasteiger partial charge in [-0.2, -0.15) is 0 Å². The van der Waals surface area contributed by atoms with Crippen molar-refractivity contribution in [3.63, 3.8) is 0 Å². The summed E-state index contributed by atoms with van der Waals surface area (Å²) in [5, 5.41) is 0.749. The monoisotopic (exact) mass is 283 g/mol. The Morgan fingerprint density at radius 2 is 1.79 bits per heavy atom. The minimum Gasteiger partial charge on any atom is -0.489 e. The zero-order chi connectivity index (χ0) is 13.9. The van der Waals surface area contributed by atoms with Crippen LogP contribution in [0.5, 0.6) is 11.5 Å². The Morgan fingerprint density at radius 3 is 2.42 bits per heavy atom. The van der Waals surface area contributed by atoms with E-state index in [1.807, 2.05) is 12.1 Å². The Morgan fingerprint density at radius 1 is 1.16 bits per heavy atom. The first kappa shape index (κ1) is 14.5. The van der Waals surface area contributed by atoms with Gasteiger partial charge in [0, 0.05) is 16.5 Å². The van der Waals surface area contributed by atoms with E-state index in [1.165, 1.54) is 0 Å². The highest BCUT2D eigenvalue weighted by atomic mass is 35.5. The Bertz CT molecular complexity index is 446. The molecule has 1 heterocycles. The molecule has 1 aromatic rings. The summed E-state index contributed by atoms with van der Waals surface area (Å²) in [5.41, 5.74) is 6.64. The molecule has 1 aromatic carbocycles. The highest BCUT2D eigenvalue weighted by Gasteiger charge is 2.25. The number of ether oxygens (including phenoxy) is 2. The number of nitrogens with two attached hydrogens (primary N) is 1. The van der Waals surface area contributed by atoms with Crippen LogP contribution in [0.25, 0.3) is 0 Å². The summed E-state index contributed by atoms with van der Waals surface area (Å²) in [6, 6.07) is 3.88. The molecule has 0 atom stereocenters. The van der Waals surface area contributed by atoms with Crippen LogP contribution >= 0.6 is 11.6 Å². The smallest absolute Gasteiger partial charge is 0.162 e. The Labute approximate surface area is 120 Å². The summed E-state index contributed by atoms with van der Waals surface area (Å²) in [5.74, 6) is 1.55. The third-order valence-corrected chi connectivity index (χ3v) is 3.60. The first-order valence-electron chi connectivity index (χ1n) is 6.80. The van der Waals surface area contributed by atoms with Crippen LogP contribution in [0.4, 0.5) is 0 Å². The highest BCUT2D eigenvalue weighted by Crippen LogP contribution is 2.38. The lowest BCUT2D eigenvalue weighted by molar-refractivity contribution is 0.140. The first-order chi connectivity index (χ1) is 9.02. The number of unbranched alkanes of at least 4 members (excludes halogenated alkanes) is 1. The van der Waals surface area contributed by atoms with Gasteiger partial charge in [-0.15, -0.1) is 0 Å². The van der Waals surface area contributed by atoms with Gasteiger partial charge < -0.3 is 15.2 Å². The molecule has 2 N–H and O–H groups in total. The van der Waals surface area contributed by atoms with Gasteiger partial charge >= 0.3 is 0 Å². The zero-order valence-electron chi connectivity index (χ0n) is 11.7. The van der Waals surface area contributed by atoms with Gasteiger partial charge in [0.2, 0.25) is 0 Å². The Hall–Kier alpha value is -0.930. The van der Waals surface area contributed by atoms with Crippen LogP contribution in [-0.2, 0) is 6.42 Å². The maximum Gasteiger partial charge on any atom is 0.162 e. The normalized spacial score (nSPS) is 17.1. The van der Waals surface area contributed by atoms with Crippen LogP contribution < -0.4 is 15.2 Å². The van der Waals surface area contributed by atoms with Crippen molar-refractivity contribution in [1.82, 2.24) is 0 Å². The van der Waals surface area contributed by atoms with E-state index in [0.29, 0.717) is 13.2 Å². The van der Waals surface area contributed by atoms with E-state index in [1.54, 1.807) is 0 Å². The fourth-order valence-electron chi connectivity index (χ4n) is 2.04. The molecule has 0 spiro atoms. The lowest BCUT2D eigenvalue weighted by Gasteiger charge is -2.19. The van der Waals surface area contributed by atoms with Gasteiger partial charge in [-0.25, -0.2) is 0 Å². The van der Waals surface area contributed by atoms with Crippen LogP contribution in [0, 0.1) is 5.41 Å². The maximum absolute atomic E-state index is 6.30. The standard InChI is InChI=1S/C15H22ClNO2/c1-15(2)9-18-13-7-11(5-3-4-6-17)12(16)8-14(13)19-10-15/h7-8H,3-6,9-10,17H2,1-2H3. The summed E-state index contributed by atoms with van der Waals surface area (Å²) in [6.07, 6.45) is 2.98. The molecule has 0 amide bonds. The van der Waals surface area contributed by atoms with Gasteiger partial charge in [0.05, 0.1) is 13.2 Å². The van der Waals surface area contributed by atoms with Crippen molar-refractivity contribution in [2.24, 2.45) is 11.1 Å². The molecule has 3 nitrogen and oxygen atoms in total. The third-order valence-electron chi connectivity index (χ3n) is 3.25. The second kappa shape index (κ2) is 6.02. The molecule has 106 valence electrons. The number of benzene rings is 1. The number of hydrogen-bond donors (Lipinski definition) is 1. The van der Waals surface area contributed by atoms with E-state index >= 15 is 0 Å². The van der Waals surface area contributed by atoms with Crippen molar-refractivity contribution in [2.75, 3.05) is 19.8 Å². The van der Waals surface area contributed by atoms with E-state index in [2.05, 4.69) is 13.8 Å². The van der Waals surface area contributed by atoms with Crippen molar-refractivity contribution >= 4 is 11.6 Å². The summed E-state index contributed by atoms with van der Waals surface area (Å²) < 4.78 is 11.7. The van der Waals surface area contributed by atoms with E-state index in [9.17, 15) is 0 Å². The molecule has 1 aliphatic rings. The number of aryl methyl sites for hydroxylation is 1. The predicted octanol–water partition coefficient (Wildman–Crippen LogP) is 3.42. The molecule has 2 rings (SSSR count). The highest BCUT2D eigenvalue weighted by molar-refractivity contribution is 6.31. The van der Waals surface area contributed by atoms with Crippen molar-refractivity contribution in [3.05, 3.63) is 22.7 Å². The van der Waals surface area contributed by atoms with E-state index in [0.717, 1.165) is 47.9 Å². The molecule has 0 saturated carbocycles. The second-order valence-electron chi connectivity index (χ2n) is 5.88. The lowest BCUT2D eigenvalue weighted by Crippen LogP contribution is -2.26. The molecular weight excluding hydrogens is 262 g/mol. The molecule has 4 heteroatoms. The summed E-state index contributed by atoms with van der Waals surface area (Å²) in [6.45, 7) is 6.27. The molecule has 0 fully saturated rings. The van der Waals surface area contributed by atoms with Crippen molar-refractivity contribution in [3.8, 4) is 11.5 Å². The topological polar surface area (TPSA) is 44.5 Å². The van der Waals surface area contributed by atoms with Gasteiger partial charge in [-0.05, 0) is 37.4 Å². The number of rotatable bonds is 4. The fraction of sp³-hybridized carbons (Fsp3) is 0.600. The fourth-order valence-corrected chi connectivity index (χ4v) is 2.29. The van der Waals surface area contributed by atoms with Gasteiger partial charge in [0.25, 0.3) is 0 Å². The number of halogens is 1. The summed E-state index contributed by atoms with van der Waals surface area (Å²) in [7, 11) is 0. The molecule has 19 heavy (non-hydrogen) atoms. The van der Waals surface area contributed by atoms with Crippen LogP contribution in [-0.4, -0.2) is 19.8 Å². The van der Waals surface area contributed by atoms with Gasteiger partial charge in [0.15, 0.2) is 11.5 Å². The van der Waals surface area contributed by atoms with Gasteiger partial charge in [-0.1, -0.05) is 25.4 Å². The van der Waals surface area contributed by atoms with Gasteiger partial charge in [0.1, 0.15) is 0 Å². The average Bonchev–Trinajstić information content (AvgIpc) is 2.50. The zero-order valence-corrected chi connectivity index (χ0v) is 12.4. The largest absolute Gasteiger partial charge is 0.489 e.